The Morgan fingerprint density at radius 2 is 2.17 bits per heavy atom. The van der Waals surface area contributed by atoms with Gasteiger partial charge >= 0.3 is 0 Å². The minimum absolute atomic E-state index is 0.0115. The van der Waals surface area contributed by atoms with E-state index in [2.05, 4.69) is 15.3 Å². The van der Waals surface area contributed by atoms with Gasteiger partial charge in [0, 0.05) is 28.6 Å². The number of hydrogen-bond donors (Lipinski definition) is 1. The number of pyridine rings is 1. The van der Waals surface area contributed by atoms with Crippen molar-refractivity contribution in [2.75, 3.05) is 11.1 Å². The molecule has 0 spiro atoms. The Morgan fingerprint density at radius 3 is 2.92 bits per heavy atom. The molecule has 0 fully saturated rings. The first kappa shape index (κ1) is 16.7. The summed E-state index contributed by atoms with van der Waals surface area (Å²) in [6.45, 7) is 1.98. The number of aromatic nitrogens is 2. The van der Waals surface area contributed by atoms with Gasteiger partial charge in [0.1, 0.15) is 0 Å². The van der Waals surface area contributed by atoms with E-state index in [4.69, 9.17) is 0 Å². The predicted octanol–water partition coefficient (Wildman–Crippen LogP) is 4.39. The van der Waals surface area contributed by atoms with E-state index in [0.29, 0.717) is 5.75 Å². The summed E-state index contributed by atoms with van der Waals surface area (Å²) in [6.07, 6.45) is 1.77. The zero-order chi connectivity index (χ0) is 16.8. The molecule has 2 aromatic heterocycles. The molecular formula is C18H17N3OS2. The van der Waals surface area contributed by atoms with Crippen molar-refractivity contribution in [1.29, 1.82) is 0 Å². The second-order valence-electron chi connectivity index (χ2n) is 5.19. The van der Waals surface area contributed by atoms with Gasteiger partial charge in [-0.05, 0) is 31.2 Å². The van der Waals surface area contributed by atoms with Crippen molar-refractivity contribution in [3.05, 3.63) is 64.7 Å². The summed E-state index contributed by atoms with van der Waals surface area (Å²) in [6, 6.07) is 13.6. The van der Waals surface area contributed by atoms with Crippen LogP contribution in [0.4, 0.5) is 5.69 Å². The minimum atomic E-state index is -0.0115. The number of hydrogen-bond acceptors (Lipinski definition) is 5. The minimum Gasteiger partial charge on any atom is -0.325 e. The summed E-state index contributed by atoms with van der Waals surface area (Å²) in [5, 5.41) is 6.00. The molecule has 0 saturated heterocycles. The second kappa shape index (κ2) is 8.08. The SMILES string of the molecule is Cc1nc(-c2cccc(NC(=O)CSCc3ccccn3)c2)cs1. The van der Waals surface area contributed by atoms with Crippen LogP contribution in [0.3, 0.4) is 0 Å². The summed E-state index contributed by atoms with van der Waals surface area (Å²) in [5.41, 5.74) is 3.73. The molecule has 3 rings (SSSR count). The Labute approximate surface area is 149 Å². The number of carbonyl (C=O) groups is 1. The van der Waals surface area contributed by atoms with E-state index in [0.717, 1.165) is 33.4 Å². The Balaban J connectivity index is 1.54. The first-order valence-electron chi connectivity index (χ1n) is 7.51. The van der Waals surface area contributed by atoms with Crippen molar-refractivity contribution in [1.82, 2.24) is 9.97 Å². The van der Waals surface area contributed by atoms with Crippen LogP contribution in [0, 0.1) is 6.92 Å². The number of thiazole rings is 1. The molecule has 0 radical (unpaired) electrons. The lowest BCUT2D eigenvalue weighted by Gasteiger charge is -2.06. The van der Waals surface area contributed by atoms with Gasteiger partial charge in [0.2, 0.25) is 5.91 Å². The van der Waals surface area contributed by atoms with E-state index >= 15 is 0 Å². The summed E-state index contributed by atoms with van der Waals surface area (Å²) in [7, 11) is 0. The van der Waals surface area contributed by atoms with Gasteiger partial charge in [0.05, 0.1) is 22.1 Å². The Morgan fingerprint density at radius 1 is 1.25 bits per heavy atom. The molecule has 3 aromatic rings. The average molecular weight is 355 g/mol. The monoisotopic (exact) mass is 355 g/mol. The lowest BCUT2D eigenvalue weighted by molar-refractivity contribution is -0.113. The van der Waals surface area contributed by atoms with E-state index in [9.17, 15) is 4.79 Å². The van der Waals surface area contributed by atoms with Crippen LogP contribution in [0.2, 0.25) is 0 Å². The van der Waals surface area contributed by atoms with E-state index < -0.39 is 0 Å². The molecular weight excluding hydrogens is 338 g/mol. The number of thioether (sulfide) groups is 1. The van der Waals surface area contributed by atoms with Gasteiger partial charge in [-0.1, -0.05) is 18.2 Å². The van der Waals surface area contributed by atoms with Crippen molar-refractivity contribution >= 4 is 34.7 Å². The van der Waals surface area contributed by atoms with E-state index in [1.165, 1.54) is 0 Å². The largest absolute Gasteiger partial charge is 0.325 e. The molecule has 2 heterocycles. The van der Waals surface area contributed by atoms with Crippen molar-refractivity contribution in [3.63, 3.8) is 0 Å². The van der Waals surface area contributed by atoms with Gasteiger partial charge in [-0.3, -0.25) is 9.78 Å². The quantitative estimate of drug-likeness (QED) is 0.713. The number of rotatable bonds is 6. The van der Waals surface area contributed by atoms with Gasteiger partial charge < -0.3 is 5.32 Å². The van der Waals surface area contributed by atoms with Gasteiger partial charge in [0.15, 0.2) is 0 Å². The first-order chi connectivity index (χ1) is 11.7. The van der Waals surface area contributed by atoms with E-state index in [1.807, 2.05) is 54.8 Å². The molecule has 0 bridgehead atoms. The summed E-state index contributed by atoms with van der Waals surface area (Å²) >= 11 is 3.17. The fraction of sp³-hybridized carbons (Fsp3) is 0.167. The van der Waals surface area contributed by atoms with Crippen LogP contribution in [0.1, 0.15) is 10.7 Å². The standard InChI is InChI=1S/C18H17N3OS2/c1-13-20-17(11-24-13)14-5-4-7-15(9-14)21-18(22)12-23-10-16-6-2-3-8-19-16/h2-9,11H,10,12H2,1H3,(H,21,22). The molecule has 0 aliphatic carbocycles. The highest BCUT2D eigenvalue weighted by atomic mass is 32.2. The van der Waals surface area contributed by atoms with Crippen molar-refractivity contribution in [2.45, 2.75) is 12.7 Å². The van der Waals surface area contributed by atoms with Crippen LogP contribution in [0.15, 0.2) is 54.0 Å². The molecule has 0 aliphatic rings. The molecule has 24 heavy (non-hydrogen) atoms. The zero-order valence-corrected chi connectivity index (χ0v) is 14.9. The smallest absolute Gasteiger partial charge is 0.234 e. The van der Waals surface area contributed by atoms with Crippen molar-refractivity contribution in [2.24, 2.45) is 0 Å². The molecule has 1 aromatic carbocycles. The molecule has 122 valence electrons. The molecule has 6 heteroatoms. The number of nitrogens with one attached hydrogen (secondary N) is 1. The van der Waals surface area contributed by atoms with Crippen molar-refractivity contribution in [3.8, 4) is 11.3 Å². The normalized spacial score (nSPS) is 10.5. The topological polar surface area (TPSA) is 54.9 Å². The zero-order valence-electron chi connectivity index (χ0n) is 13.2. The lowest BCUT2D eigenvalue weighted by atomic mass is 10.1. The van der Waals surface area contributed by atoms with Gasteiger partial charge in [-0.25, -0.2) is 4.98 Å². The number of anilines is 1. The van der Waals surface area contributed by atoms with E-state index in [1.54, 1.807) is 29.3 Å². The third kappa shape index (κ3) is 4.66. The van der Waals surface area contributed by atoms with Crippen LogP contribution in [0.5, 0.6) is 0 Å². The lowest BCUT2D eigenvalue weighted by Crippen LogP contribution is -2.14. The average Bonchev–Trinajstić information content (AvgIpc) is 3.03. The van der Waals surface area contributed by atoms with Gasteiger partial charge in [-0.2, -0.15) is 0 Å². The maximum Gasteiger partial charge on any atom is 0.234 e. The molecule has 1 N–H and O–H groups in total. The van der Waals surface area contributed by atoms with Gasteiger partial charge in [-0.15, -0.1) is 23.1 Å². The maximum atomic E-state index is 12.1. The Bertz CT molecular complexity index is 818. The number of aryl methyl sites for hydroxylation is 1. The molecule has 1 amide bonds. The van der Waals surface area contributed by atoms with Crippen LogP contribution in [0.25, 0.3) is 11.3 Å². The predicted molar refractivity (Wildman–Crippen MR) is 101 cm³/mol. The Kier molecular flexibility index (Phi) is 5.61. The summed E-state index contributed by atoms with van der Waals surface area (Å²) < 4.78 is 0. The molecule has 0 aliphatic heterocycles. The van der Waals surface area contributed by atoms with Crippen LogP contribution >= 0.6 is 23.1 Å². The fourth-order valence-electron chi connectivity index (χ4n) is 2.18. The molecule has 0 saturated carbocycles. The molecule has 0 unspecified atom stereocenters. The number of carbonyl (C=O) groups excluding carboxylic acids is 1. The van der Waals surface area contributed by atoms with Crippen molar-refractivity contribution < 1.29 is 4.79 Å². The third-order valence-corrected chi connectivity index (χ3v) is 5.01. The van der Waals surface area contributed by atoms with Crippen LogP contribution < -0.4 is 5.32 Å². The highest BCUT2D eigenvalue weighted by molar-refractivity contribution is 7.99. The molecule has 4 nitrogen and oxygen atoms in total. The number of nitrogens with zero attached hydrogens (tertiary/aromatic N) is 2. The van der Waals surface area contributed by atoms with Crippen LogP contribution in [-0.4, -0.2) is 21.6 Å². The Hall–Kier alpha value is -2.18. The maximum absolute atomic E-state index is 12.1. The highest BCUT2D eigenvalue weighted by Crippen LogP contribution is 2.24. The third-order valence-electron chi connectivity index (χ3n) is 3.27. The summed E-state index contributed by atoms with van der Waals surface area (Å²) in [4.78, 5) is 20.8. The summed E-state index contributed by atoms with van der Waals surface area (Å²) in [5.74, 6) is 1.12. The molecule has 0 atom stereocenters. The van der Waals surface area contributed by atoms with Crippen LogP contribution in [-0.2, 0) is 10.5 Å². The second-order valence-corrected chi connectivity index (χ2v) is 7.24. The number of benzene rings is 1. The fourth-order valence-corrected chi connectivity index (χ4v) is 3.54. The van der Waals surface area contributed by atoms with E-state index in [-0.39, 0.29) is 5.91 Å². The first-order valence-corrected chi connectivity index (χ1v) is 9.54. The van der Waals surface area contributed by atoms with Gasteiger partial charge in [0.25, 0.3) is 0 Å². The highest BCUT2D eigenvalue weighted by Gasteiger charge is 2.06. The number of amides is 1.